The highest BCUT2D eigenvalue weighted by atomic mass is 32.1. The van der Waals surface area contributed by atoms with Gasteiger partial charge in [0.15, 0.2) is 5.75 Å². The molecule has 1 aromatic rings. The third kappa shape index (κ3) is 2.79. The third-order valence-electron chi connectivity index (χ3n) is 2.16. The predicted molar refractivity (Wildman–Crippen MR) is 63.2 cm³/mol. The largest absolute Gasteiger partial charge is 0.491 e. The highest BCUT2D eigenvalue weighted by Crippen LogP contribution is 2.03. The summed E-state index contributed by atoms with van der Waals surface area (Å²) in [6.45, 7) is 2.36. The monoisotopic (exact) mass is 226 g/mol. The van der Waals surface area contributed by atoms with Crippen LogP contribution in [-0.2, 0) is 6.54 Å². The maximum Gasteiger partial charge on any atom is 0.292 e. The van der Waals surface area contributed by atoms with E-state index in [2.05, 4.69) is 0 Å². The molecule has 2 N–H and O–H groups in total. The molecule has 1 aromatic heterocycles. The minimum absolute atomic E-state index is 0.00944. The van der Waals surface area contributed by atoms with Crippen LogP contribution in [0.1, 0.15) is 6.92 Å². The Morgan fingerprint density at radius 1 is 1.73 bits per heavy atom. The van der Waals surface area contributed by atoms with Gasteiger partial charge in [-0.1, -0.05) is 19.1 Å². The van der Waals surface area contributed by atoms with Crippen molar-refractivity contribution in [1.82, 2.24) is 4.57 Å². The van der Waals surface area contributed by atoms with Crippen molar-refractivity contribution in [3.63, 3.8) is 0 Å². The normalized spacial score (nSPS) is 12.1. The van der Waals surface area contributed by atoms with Crippen molar-refractivity contribution in [3.8, 4) is 5.75 Å². The van der Waals surface area contributed by atoms with Crippen molar-refractivity contribution in [1.29, 1.82) is 0 Å². The zero-order valence-electron chi connectivity index (χ0n) is 8.77. The summed E-state index contributed by atoms with van der Waals surface area (Å²) < 4.78 is 6.47. The summed E-state index contributed by atoms with van der Waals surface area (Å²) in [7, 11) is 1.47. The van der Waals surface area contributed by atoms with E-state index in [9.17, 15) is 4.79 Å². The van der Waals surface area contributed by atoms with Crippen molar-refractivity contribution >= 4 is 17.2 Å². The van der Waals surface area contributed by atoms with E-state index in [4.69, 9.17) is 22.7 Å². The van der Waals surface area contributed by atoms with Gasteiger partial charge in [-0.2, -0.15) is 0 Å². The van der Waals surface area contributed by atoms with Crippen molar-refractivity contribution < 1.29 is 4.74 Å². The molecule has 0 aliphatic rings. The predicted octanol–water partition coefficient (Wildman–Crippen LogP) is 0.779. The fraction of sp³-hybridized carbons (Fsp3) is 0.400. The Hall–Kier alpha value is -1.36. The SMILES string of the molecule is COc1cccn(CC(C)C(N)=S)c1=O. The summed E-state index contributed by atoms with van der Waals surface area (Å²) in [6, 6.07) is 3.39. The van der Waals surface area contributed by atoms with Crippen LogP contribution in [0.2, 0.25) is 0 Å². The summed E-state index contributed by atoms with van der Waals surface area (Å²) in [6.07, 6.45) is 1.69. The van der Waals surface area contributed by atoms with Crippen molar-refractivity contribution in [3.05, 3.63) is 28.7 Å². The smallest absolute Gasteiger partial charge is 0.292 e. The van der Waals surface area contributed by atoms with Gasteiger partial charge < -0.3 is 15.0 Å². The van der Waals surface area contributed by atoms with Gasteiger partial charge in [0.2, 0.25) is 0 Å². The summed E-state index contributed by atoms with van der Waals surface area (Å²) in [4.78, 5) is 12.1. The average molecular weight is 226 g/mol. The lowest BCUT2D eigenvalue weighted by Gasteiger charge is -2.12. The van der Waals surface area contributed by atoms with E-state index in [-0.39, 0.29) is 11.5 Å². The van der Waals surface area contributed by atoms with Crippen molar-refractivity contribution in [2.75, 3.05) is 7.11 Å². The molecule has 0 aromatic carbocycles. The molecule has 0 amide bonds. The quantitative estimate of drug-likeness (QED) is 0.771. The zero-order valence-corrected chi connectivity index (χ0v) is 9.58. The maximum absolute atomic E-state index is 11.7. The molecule has 0 aliphatic heterocycles. The van der Waals surface area contributed by atoms with Gasteiger partial charge in [-0.05, 0) is 12.1 Å². The number of hydrogen-bond acceptors (Lipinski definition) is 3. The molecule has 1 unspecified atom stereocenters. The van der Waals surface area contributed by atoms with Crippen LogP contribution in [0.3, 0.4) is 0 Å². The van der Waals surface area contributed by atoms with Crippen LogP contribution < -0.4 is 16.0 Å². The molecule has 4 nitrogen and oxygen atoms in total. The number of ether oxygens (including phenoxy) is 1. The van der Waals surface area contributed by atoms with Crippen LogP contribution in [-0.4, -0.2) is 16.7 Å². The minimum atomic E-state index is -0.164. The second-order valence-electron chi connectivity index (χ2n) is 3.34. The lowest BCUT2D eigenvalue weighted by Crippen LogP contribution is -2.29. The number of hydrogen-bond donors (Lipinski definition) is 1. The number of nitrogens with zero attached hydrogens (tertiary/aromatic N) is 1. The topological polar surface area (TPSA) is 57.2 Å². The van der Waals surface area contributed by atoms with Gasteiger partial charge in [-0.15, -0.1) is 0 Å². The lowest BCUT2D eigenvalue weighted by molar-refractivity contribution is 0.400. The molecular weight excluding hydrogens is 212 g/mol. The molecule has 15 heavy (non-hydrogen) atoms. The van der Waals surface area contributed by atoms with Crippen LogP contribution in [0.15, 0.2) is 23.1 Å². The number of thiocarbonyl (C=S) groups is 1. The number of methoxy groups -OCH3 is 1. The van der Waals surface area contributed by atoms with E-state index in [1.807, 2.05) is 6.92 Å². The number of aromatic nitrogens is 1. The molecule has 0 radical (unpaired) electrons. The molecule has 0 spiro atoms. The Labute approximate surface area is 93.7 Å². The fourth-order valence-electron chi connectivity index (χ4n) is 1.20. The first-order valence-electron chi connectivity index (χ1n) is 4.59. The maximum atomic E-state index is 11.7. The molecule has 1 atom stereocenters. The highest BCUT2D eigenvalue weighted by Gasteiger charge is 2.08. The first-order valence-corrected chi connectivity index (χ1v) is 5.00. The molecule has 0 saturated heterocycles. The summed E-state index contributed by atoms with van der Waals surface area (Å²) in [5.41, 5.74) is 5.33. The van der Waals surface area contributed by atoms with Crippen LogP contribution in [0.25, 0.3) is 0 Å². The summed E-state index contributed by atoms with van der Waals surface area (Å²) >= 11 is 4.85. The molecule has 5 heteroatoms. The Kier molecular flexibility index (Phi) is 3.85. The molecule has 1 rings (SSSR count). The molecule has 0 bridgehead atoms. The van der Waals surface area contributed by atoms with Crippen molar-refractivity contribution in [2.24, 2.45) is 11.7 Å². The van der Waals surface area contributed by atoms with E-state index < -0.39 is 0 Å². The van der Waals surface area contributed by atoms with Crippen LogP contribution in [0.5, 0.6) is 5.75 Å². The first kappa shape index (κ1) is 11.7. The van der Waals surface area contributed by atoms with Gasteiger partial charge in [-0.3, -0.25) is 4.79 Å². The standard InChI is InChI=1S/C10H14N2O2S/c1-7(9(11)15)6-12-5-3-4-8(14-2)10(12)13/h3-5,7H,6H2,1-2H3,(H2,11,15). The van der Waals surface area contributed by atoms with E-state index in [1.165, 1.54) is 7.11 Å². The average Bonchev–Trinajstić information content (AvgIpc) is 2.21. The Balaban J connectivity index is 2.96. The summed E-state index contributed by atoms with van der Waals surface area (Å²) in [5.74, 6) is 0.317. The van der Waals surface area contributed by atoms with Gasteiger partial charge in [0.25, 0.3) is 5.56 Å². The van der Waals surface area contributed by atoms with Gasteiger partial charge in [0.05, 0.1) is 12.1 Å². The molecule has 0 fully saturated rings. The third-order valence-corrected chi connectivity index (χ3v) is 2.56. The van der Waals surface area contributed by atoms with Crippen molar-refractivity contribution in [2.45, 2.75) is 13.5 Å². The Morgan fingerprint density at radius 3 is 2.93 bits per heavy atom. The highest BCUT2D eigenvalue weighted by molar-refractivity contribution is 7.80. The number of rotatable bonds is 4. The Morgan fingerprint density at radius 2 is 2.40 bits per heavy atom. The van der Waals surface area contributed by atoms with Crippen LogP contribution in [0, 0.1) is 5.92 Å². The van der Waals surface area contributed by atoms with E-state index in [0.717, 1.165) is 0 Å². The van der Waals surface area contributed by atoms with Gasteiger partial charge in [-0.25, -0.2) is 0 Å². The molecule has 0 aliphatic carbocycles. The van der Waals surface area contributed by atoms with Crippen LogP contribution >= 0.6 is 12.2 Å². The second kappa shape index (κ2) is 4.93. The van der Waals surface area contributed by atoms with E-state index >= 15 is 0 Å². The van der Waals surface area contributed by atoms with E-state index in [1.54, 1.807) is 22.9 Å². The zero-order chi connectivity index (χ0) is 11.4. The lowest BCUT2D eigenvalue weighted by atomic mass is 10.2. The van der Waals surface area contributed by atoms with Crippen LogP contribution in [0.4, 0.5) is 0 Å². The number of nitrogens with two attached hydrogens (primary N) is 1. The fourth-order valence-corrected chi connectivity index (χ4v) is 1.27. The first-order chi connectivity index (χ1) is 7.06. The van der Waals surface area contributed by atoms with Gasteiger partial charge in [0, 0.05) is 18.7 Å². The minimum Gasteiger partial charge on any atom is -0.491 e. The second-order valence-corrected chi connectivity index (χ2v) is 3.81. The van der Waals surface area contributed by atoms with Gasteiger partial charge >= 0.3 is 0 Å². The summed E-state index contributed by atoms with van der Waals surface area (Å²) in [5, 5.41) is 0. The molecule has 82 valence electrons. The molecule has 1 heterocycles. The molecule has 0 saturated carbocycles. The van der Waals surface area contributed by atoms with E-state index in [0.29, 0.717) is 17.3 Å². The Bertz CT molecular complexity index is 414. The van der Waals surface area contributed by atoms with Gasteiger partial charge in [0.1, 0.15) is 0 Å². The molecular formula is C10H14N2O2S. The number of pyridine rings is 1.